The highest BCUT2D eigenvalue weighted by atomic mass is 19.1. The first-order chi connectivity index (χ1) is 24.3. The number of hydrogen-bond acceptors (Lipinski definition) is 1. The molecule has 50 heavy (non-hydrogen) atoms. The highest BCUT2D eigenvalue weighted by molar-refractivity contribution is 5.90. The molecule has 0 amide bonds. The molecule has 3 heteroatoms. The zero-order valence-electron chi connectivity index (χ0n) is 28.4. The molecule has 0 saturated carbocycles. The SMILES string of the molecule is CC(C)(C)N(c1ccccc1F)c1cc(-c2ccc3c(c2)C(c2ccccc2)(c2ccccc2)c2ccccc2-3)cc(-c2ccccc2)c1F. The van der Waals surface area contributed by atoms with Gasteiger partial charge in [-0.15, -0.1) is 0 Å². The van der Waals surface area contributed by atoms with Crippen LogP contribution in [-0.2, 0) is 5.41 Å². The van der Waals surface area contributed by atoms with E-state index >= 15 is 8.78 Å². The van der Waals surface area contributed by atoms with Crippen LogP contribution in [0.1, 0.15) is 43.0 Å². The van der Waals surface area contributed by atoms with E-state index in [1.54, 1.807) is 23.1 Å². The molecule has 8 rings (SSSR count). The summed E-state index contributed by atoms with van der Waals surface area (Å²) in [7, 11) is 0. The van der Waals surface area contributed by atoms with Gasteiger partial charge >= 0.3 is 0 Å². The summed E-state index contributed by atoms with van der Waals surface area (Å²) in [5, 5.41) is 0. The van der Waals surface area contributed by atoms with Gasteiger partial charge in [-0.25, -0.2) is 8.78 Å². The van der Waals surface area contributed by atoms with Crippen molar-refractivity contribution in [3.63, 3.8) is 0 Å². The van der Waals surface area contributed by atoms with Crippen molar-refractivity contribution in [2.24, 2.45) is 0 Å². The van der Waals surface area contributed by atoms with Gasteiger partial charge in [0, 0.05) is 11.1 Å². The second kappa shape index (κ2) is 12.3. The highest BCUT2D eigenvalue weighted by Gasteiger charge is 2.46. The summed E-state index contributed by atoms with van der Waals surface area (Å²) in [5.74, 6) is -0.797. The Morgan fingerprint density at radius 2 is 1.00 bits per heavy atom. The molecule has 0 radical (unpaired) electrons. The van der Waals surface area contributed by atoms with Crippen molar-refractivity contribution in [3.05, 3.63) is 204 Å². The van der Waals surface area contributed by atoms with Crippen LogP contribution in [0.15, 0.2) is 170 Å². The molecule has 0 fully saturated rings. The quantitative estimate of drug-likeness (QED) is 0.173. The van der Waals surface area contributed by atoms with Crippen molar-refractivity contribution in [2.45, 2.75) is 31.7 Å². The van der Waals surface area contributed by atoms with Crippen LogP contribution >= 0.6 is 0 Å². The average Bonchev–Trinajstić information content (AvgIpc) is 3.44. The first kappa shape index (κ1) is 31.5. The van der Waals surface area contributed by atoms with Gasteiger partial charge in [0.05, 0.1) is 16.8 Å². The number of fused-ring (bicyclic) bond motifs is 3. The van der Waals surface area contributed by atoms with Gasteiger partial charge in [-0.1, -0.05) is 140 Å². The Labute approximate surface area is 293 Å². The van der Waals surface area contributed by atoms with Gasteiger partial charge in [0.2, 0.25) is 0 Å². The summed E-state index contributed by atoms with van der Waals surface area (Å²) in [4.78, 5) is 1.79. The molecule has 1 nitrogen and oxygen atoms in total. The number of hydrogen-bond donors (Lipinski definition) is 0. The van der Waals surface area contributed by atoms with Crippen molar-refractivity contribution in [2.75, 3.05) is 4.90 Å². The predicted octanol–water partition coefficient (Wildman–Crippen LogP) is 12.6. The Morgan fingerprint density at radius 1 is 0.440 bits per heavy atom. The maximum atomic E-state index is 17.1. The molecule has 7 aromatic carbocycles. The lowest BCUT2D eigenvalue weighted by Gasteiger charge is -2.38. The van der Waals surface area contributed by atoms with Gasteiger partial charge in [0.1, 0.15) is 5.82 Å². The van der Waals surface area contributed by atoms with Gasteiger partial charge < -0.3 is 4.90 Å². The first-order valence-corrected chi connectivity index (χ1v) is 17.1. The van der Waals surface area contributed by atoms with Crippen molar-refractivity contribution in [1.82, 2.24) is 0 Å². The van der Waals surface area contributed by atoms with Crippen LogP contribution in [0, 0.1) is 11.6 Å². The van der Waals surface area contributed by atoms with Crippen molar-refractivity contribution in [3.8, 4) is 33.4 Å². The monoisotopic (exact) mass is 653 g/mol. The summed E-state index contributed by atoms with van der Waals surface area (Å²) in [6.45, 7) is 5.94. The van der Waals surface area contributed by atoms with Gasteiger partial charge in [0.15, 0.2) is 5.82 Å². The number of rotatable bonds is 6. The van der Waals surface area contributed by atoms with Crippen LogP contribution in [0.4, 0.5) is 20.2 Å². The van der Waals surface area contributed by atoms with Gasteiger partial charge in [0.25, 0.3) is 0 Å². The van der Waals surface area contributed by atoms with E-state index in [0.29, 0.717) is 16.9 Å². The van der Waals surface area contributed by atoms with Crippen LogP contribution in [0.25, 0.3) is 33.4 Å². The summed E-state index contributed by atoms with van der Waals surface area (Å²) >= 11 is 0. The topological polar surface area (TPSA) is 3.24 Å². The molecule has 7 aromatic rings. The minimum atomic E-state index is -0.648. The summed E-state index contributed by atoms with van der Waals surface area (Å²) in [5.41, 5.74) is 9.57. The Kier molecular flexibility index (Phi) is 7.72. The summed E-state index contributed by atoms with van der Waals surface area (Å²) < 4.78 is 32.6. The molecule has 1 aliphatic carbocycles. The maximum absolute atomic E-state index is 17.1. The van der Waals surface area contributed by atoms with Crippen LogP contribution in [-0.4, -0.2) is 5.54 Å². The molecule has 0 spiro atoms. The lowest BCUT2D eigenvalue weighted by Crippen LogP contribution is -2.38. The second-order valence-electron chi connectivity index (χ2n) is 14.0. The lowest BCUT2D eigenvalue weighted by atomic mass is 9.67. The van der Waals surface area contributed by atoms with E-state index in [1.165, 1.54) is 39.4 Å². The van der Waals surface area contributed by atoms with E-state index < -0.39 is 22.6 Å². The van der Waals surface area contributed by atoms with Crippen molar-refractivity contribution in [1.29, 1.82) is 0 Å². The molecule has 0 saturated heterocycles. The van der Waals surface area contributed by atoms with Gasteiger partial charge in [-0.2, -0.15) is 0 Å². The second-order valence-corrected chi connectivity index (χ2v) is 14.0. The van der Waals surface area contributed by atoms with E-state index in [9.17, 15) is 0 Å². The third-order valence-electron chi connectivity index (χ3n) is 9.94. The fourth-order valence-electron chi connectivity index (χ4n) is 7.88. The molecule has 0 bridgehead atoms. The Bertz CT molecular complexity index is 2280. The fourth-order valence-corrected chi connectivity index (χ4v) is 7.88. The fraction of sp³-hybridized carbons (Fsp3) is 0.106. The highest BCUT2D eigenvalue weighted by Crippen LogP contribution is 2.57. The smallest absolute Gasteiger partial charge is 0.154 e. The minimum Gasteiger partial charge on any atom is -0.331 e. The number of nitrogens with zero attached hydrogens (tertiary/aromatic N) is 1. The van der Waals surface area contributed by atoms with Crippen LogP contribution in [0.5, 0.6) is 0 Å². The molecule has 244 valence electrons. The molecule has 0 N–H and O–H groups in total. The lowest BCUT2D eigenvalue weighted by molar-refractivity contribution is 0.527. The van der Waals surface area contributed by atoms with Crippen LogP contribution in [0.3, 0.4) is 0 Å². The Balaban J connectivity index is 1.43. The molecule has 0 aliphatic heterocycles. The van der Waals surface area contributed by atoms with Crippen molar-refractivity contribution < 1.29 is 8.78 Å². The summed E-state index contributed by atoms with van der Waals surface area (Å²) in [6, 6.07) is 56.7. The molecule has 1 aliphatic rings. The third kappa shape index (κ3) is 5.04. The number of halogens is 2. The van der Waals surface area contributed by atoms with E-state index in [1.807, 2.05) is 63.2 Å². The van der Waals surface area contributed by atoms with Gasteiger partial charge in [-0.05, 0) is 101 Å². The molecule has 0 atom stereocenters. The Hall–Kier alpha value is -5.80. The van der Waals surface area contributed by atoms with Crippen LogP contribution < -0.4 is 4.90 Å². The largest absolute Gasteiger partial charge is 0.331 e. The minimum absolute atomic E-state index is 0.320. The summed E-state index contributed by atoms with van der Waals surface area (Å²) in [6.07, 6.45) is 0. The molecule has 0 aromatic heterocycles. The van der Waals surface area contributed by atoms with E-state index in [4.69, 9.17) is 0 Å². The Morgan fingerprint density at radius 3 is 1.64 bits per heavy atom. The molecule has 0 unspecified atom stereocenters. The van der Waals surface area contributed by atoms with E-state index in [-0.39, 0.29) is 0 Å². The first-order valence-electron chi connectivity index (χ1n) is 17.1. The number of para-hydroxylation sites is 1. The van der Waals surface area contributed by atoms with Crippen LogP contribution in [0.2, 0.25) is 0 Å². The maximum Gasteiger partial charge on any atom is 0.154 e. The zero-order valence-corrected chi connectivity index (χ0v) is 28.4. The predicted molar refractivity (Wildman–Crippen MR) is 203 cm³/mol. The molecular formula is C47H37F2N. The standard InChI is InChI=1S/C47H37F2N/c1-46(2,3)50(43-26-16-15-25-42(43)48)44-31-34(29-39(45(44)49)32-17-7-4-8-18-32)33-27-28-38-37-23-13-14-24-40(37)47(41(38)30-33,35-19-9-5-10-20-35)36-21-11-6-12-22-36/h4-31H,1-3H3. The van der Waals surface area contributed by atoms with Gasteiger partial charge in [-0.3, -0.25) is 0 Å². The zero-order chi connectivity index (χ0) is 34.5. The number of benzene rings is 7. The molecule has 0 heterocycles. The average molecular weight is 654 g/mol. The van der Waals surface area contributed by atoms with E-state index in [0.717, 1.165) is 16.7 Å². The third-order valence-corrected chi connectivity index (χ3v) is 9.94. The number of anilines is 2. The van der Waals surface area contributed by atoms with Crippen molar-refractivity contribution >= 4 is 11.4 Å². The normalized spacial score (nSPS) is 13.1. The van der Waals surface area contributed by atoms with E-state index in [2.05, 4.69) is 103 Å². The molecular weight excluding hydrogens is 617 g/mol.